The fourth-order valence-corrected chi connectivity index (χ4v) is 6.10. The molecule has 0 unspecified atom stereocenters. The van der Waals surface area contributed by atoms with Gasteiger partial charge in [0.05, 0.1) is 53.8 Å². The van der Waals surface area contributed by atoms with Gasteiger partial charge in [-0.25, -0.2) is 0 Å². The lowest BCUT2D eigenvalue weighted by Gasteiger charge is -2.23. The van der Waals surface area contributed by atoms with Crippen molar-refractivity contribution in [1.29, 1.82) is 0 Å². The van der Waals surface area contributed by atoms with Gasteiger partial charge in [0, 0.05) is 35.1 Å². The molecule has 0 heterocycles. The molecule has 40 heavy (non-hydrogen) atoms. The Kier molecular flexibility index (Phi) is 6.77. The minimum Gasteiger partial charge on any atom is -0.496 e. The summed E-state index contributed by atoms with van der Waals surface area (Å²) >= 11 is 0. The highest BCUT2D eigenvalue weighted by atomic mass is 16.5. The fraction of sp³-hybridized carbons (Fsp3) is 0.353. The minimum absolute atomic E-state index is 0.235. The number of rotatable bonds is 8. The van der Waals surface area contributed by atoms with E-state index in [0.29, 0.717) is 34.5 Å². The normalized spacial score (nSPS) is 15.9. The summed E-state index contributed by atoms with van der Waals surface area (Å²) in [4.78, 5) is 0. The van der Waals surface area contributed by atoms with Crippen LogP contribution in [0.1, 0.15) is 61.1 Å². The first kappa shape index (κ1) is 27.5. The SMILES string of the molecule is COc1cc(OC)c(C2=CC(C)(C)c3cc4c(cc32)C(C)(C)C=C4c2c(OC)cc(OC)cc2OC)c(OC)c1. The molecule has 2 aliphatic rings. The Hall–Kier alpha value is -4.06. The molecule has 210 valence electrons. The van der Waals surface area contributed by atoms with Crippen molar-refractivity contribution >= 4 is 11.1 Å². The highest BCUT2D eigenvalue weighted by molar-refractivity contribution is 5.97. The van der Waals surface area contributed by atoms with Crippen molar-refractivity contribution in [3.63, 3.8) is 0 Å². The summed E-state index contributed by atoms with van der Waals surface area (Å²) in [5.41, 5.74) is 8.34. The molecule has 6 heteroatoms. The molecule has 0 radical (unpaired) electrons. The second kappa shape index (κ2) is 9.84. The Morgan fingerprint density at radius 3 is 0.975 bits per heavy atom. The number of allylic oxidation sites excluding steroid dienone is 2. The van der Waals surface area contributed by atoms with E-state index in [1.807, 2.05) is 24.3 Å². The molecule has 0 atom stereocenters. The van der Waals surface area contributed by atoms with Crippen LogP contribution in [0.5, 0.6) is 34.5 Å². The smallest absolute Gasteiger partial charge is 0.134 e. The van der Waals surface area contributed by atoms with Crippen LogP contribution in [0.25, 0.3) is 11.1 Å². The molecule has 0 amide bonds. The molecule has 0 spiro atoms. The zero-order chi connectivity index (χ0) is 29.0. The van der Waals surface area contributed by atoms with Crippen LogP contribution in [0, 0.1) is 0 Å². The molecule has 0 bridgehead atoms. The van der Waals surface area contributed by atoms with E-state index in [1.54, 1.807) is 42.7 Å². The summed E-state index contributed by atoms with van der Waals surface area (Å²) in [6.45, 7) is 8.97. The molecule has 0 saturated heterocycles. The summed E-state index contributed by atoms with van der Waals surface area (Å²) in [6, 6.07) is 12.3. The van der Waals surface area contributed by atoms with Crippen molar-refractivity contribution in [2.75, 3.05) is 42.7 Å². The van der Waals surface area contributed by atoms with Gasteiger partial charge in [-0.05, 0) is 45.5 Å². The number of methoxy groups -OCH3 is 6. The average Bonchev–Trinajstić information content (AvgIpc) is 3.38. The van der Waals surface area contributed by atoms with Crippen molar-refractivity contribution in [3.8, 4) is 34.5 Å². The molecule has 3 aromatic carbocycles. The standard InChI is InChI=1S/C34H38O6/c1-33(2)17-23(31-27(37-7)11-19(35-5)12-28(31)38-8)21-16-26-22(15-25(21)33)24(18-34(26,3)4)32-29(39-9)13-20(36-6)14-30(32)40-10/h11-18H,1-10H3. The van der Waals surface area contributed by atoms with Gasteiger partial charge in [-0.3, -0.25) is 0 Å². The Balaban J connectivity index is 1.75. The predicted molar refractivity (Wildman–Crippen MR) is 159 cm³/mol. The molecule has 0 aliphatic heterocycles. The van der Waals surface area contributed by atoms with Crippen molar-refractivity contribution in [2.24, 2.45) is 0 Å². The third kappa shape index (κ3) is 4.17. The van der Waals surface area contributed by atoms with Gasteiger partial charge in [0.1, 0.15) is 34.5 Å². The predicted octanol–water partition coefficient (Wildman–Crippen LogP) is 7.18. The van der Waals surface area contributed by atoms with E-state index in [4.69, 9.17) is 28.4 Å². The highest BCUT2D eigenvalue weighted by Gasteiger charge is 2.39. The van der Waals surface area contributed by atoms with Gasteiger partial charge in [-0.1, -0.05) is 39.8 Å². The van der Waals surface area contributed by atoms with Crippen LogP contribution < -0.4 is 28.4 Å². The number of fused-ring (bicyclic) bond motifs is 2. The number of hydrogen-bond acceptors (Lipinski definition) is 6. The van der Waals surface area contributed by atoms with E-state index < -0.39 is 0 Å². The Labute approximate surface area is 237 Å². The van der Waals surface area contributed by atoms with Crippen LogP contribution in [0.2, 0.25) is 0 Å². The molecule has 5 rings (SSSR count). The maximum absolute atomic E-state index is 5.86. The Morgan fingerprint density at radius 2 is 0.725 bits per heavy atom. The van der Waals surface area contributed by atoms with E-state index in [0.717, 1.165) is 22.3 Å². The average molecular weight is 543 g/mol. The first-order valence-corrected chi connectivity index (χ1v) is 13.3. The highest BCUT2D eigenvalue weighted by Crippen LogP contribution is 2.55. The van der Waals surface area contributed by atoms with Crippen LogP contribution in [0.4, 0.5) is 0 Å². The minimum atomic E-state index is -0.235. The summed E-state index contributed by atoms with van der Waals surface area (Å²) in [7, 11) is 10.00. The maximum atomic E-state index is 5.86. The number of ether oxygens (including phenoxy) is 6. The van der Waals surface area contributed by atoms with Gasteiger partial charge in [0.15, 0.2) is 0 Å². The maximum Gasteiger partial charge on any atom is 0.134 e. The lowest BCUT2D eigenvalue weighted by molar-refractivity contribution is 0.373. The van der Waals surface area contributed by atoms with E-state index >= 15 is 0 Å². The topological polar surface area (TPSA) is 55.4 Å². The summed E-state index contributed by atoms with van der Waals surface area (Å²) in [5.74, 6) is 4.19. The van der Waals surface area contributed by atoms with E-state index in [9.17, 15) is 0 Å². The third-order valence-corrected chi connectivity index (χ3v) is 8.11. The molecule has 2 aliphatic carbocycles. The lowest BCUT2D eigenvalue weighted by Crippen LogP contribution is -2.14. The molecular weight excluding hydrogens is 504 g/mol. The molecular formula is C34H38O6. The van der Waals surface area contributed by atoms with E-state index in [-0.39, 0.29) is 10.8 Å². The molecule has 3 aromatic rings. The fourth-order valence-electron chi connectivity index (χ4n) is 6.10. The van der Waals surface area contributed by atoms with Crippen LogP contribution in [-0.2, 0) is 10.8 Å². The van der Waals surface area contributed by atoms with Crippen LogP contribution in [0.3, 0.4) is 0 Å². The van der Waals surface area contributed by atoms with E-state index in [2.05, 4.69) is 52.0 Å². The first-order chi connectivity index (χ1) is 19.0. The number of hydrogen-bond donors (Lipinski definition) is 0. The number of benzene rings is 3. The molecule has 0 N–H and O–H groups in total. The quantitative estimate of drug-likeness (QED) is 0.300. The summed E-state index contributed by atoms with van der Waals surface area (Å²) in [6.07, 6.45) is 4.62. The summed E-state index contributed by atoms with van der Waals surface area (Å²) < 4.78 is 34.4. The Morgan fingerprint density at radius 1 is 0.425 bits per heavy atom. The monoisotopic (exact) mass is 542 g/mol. The Bertz CT molecular complexity index is 1390. The van der Waals surface area contributed by atoms with Crippen LogP contribution >= 0.6 is 0 Å². The van der Waals surface area contributed by atoms with Gasteiger partial charge in [0.2, 0.25) is 0 Å². The van der Waals surface area contributed by atoms with Crippen molar-refractivity contribution < 1.29 is 28.4 Å². The largest absolute Gasteiger partial charge is 0.496 e. The second-order valence-electron chi connectivity index (χ2n) is 11.3. The van der Waals surface area contributed by atoms with Crippen molar-refractivity contribution in [3.05, 3.63) is 81.9 Å². The van der Waals surface area contributed by atoms with Gasteiger partial charge in [-0.15, -0.1) is 0 Å². The van der Waals surface area contributed by atoms with Crippen molar-refractivity contribution in [1.82, 2.24) is 0 Å². The van der Waals surface area contributed by atoms with Crippen LogP contribution in [-0.4, -0.2) is 42.7 Å². The third-order valence-electron chi connectivity index (χ3n) is 8.11. The molecule has 0 saturated carbocycles. The first-order valence-electron chi connectivity index (χ1n) is 13.3. The second-order valence-corrected chi connectivity index (χ2v) is 11.3. The molecule has 0 aromatic heterocycles. The lowest BCUT2D eigenvalue weighted by atomic mass is 9.80. The zero-order valence-electron chi connectivity index (χ0n) is 25.1. The van der Waals surface area contributed by atoms with Crippen LogP contribution in [0.15, 0.2) is 48.6 Å². The molecule has 6 nitrogen and oxygen atoms in total. The van der Waals surface area contributed by atoms with Gasteiger partial charge in [0.25, 0.3) is 0 Å². The zero-order valence-corrected chi connectivity index (χ0v) is 25.1. The van der Waals surface area contributed by atoms with Crippen molar-refractivity contribution in [2.45, 2.75) is 38.5 Å². The van der Waals surface area contributed by atoms with Gasteiger partial charge >= 0.3 is 0 Å². The molecule has 0 fully saturated rings. The summed E-state index contributed by atoms with van der Waals surface area (Å²) in [5, 5.41) is 0. The van der Waals surface area contributed by atoms with Gasteiger partial charge in [-0.2, -0.15) is 0 Å². The van der Waals surface area contributed by atoms with E-state index in [1.165, 1.54) is 22.3 Å². The van der Waals surface area contributed by atoms with Gasteiger partial charge < -0.3 is 28.4 Å².